The highest BCUT2D eigenvalue weighted by Crippen LogP contribution is 2.14. The van der Waals surface area contributed by atoms with E-state index in [0.717, 1.165) is 0 Å². The Kier molecular flexibility index (Phi) is 6.25. The topological polar surface area (TPSA) is 67.2 Å². The van der Waals surface area contributed by atoms with E-state index >= 15 is 0 Å². The van der Waals surface area contributed by atoms with Crippen LogP contribution < -0.4 is 16.4 Å². The summed E-state index contributed by atoms with van der Waals surface area (Å²) in [6.07, 6.45) is -2.55. The predicted molar refractivity (Wildman–Crippen MR) is 59.5 cm³/mol. The fraction of sp³-hybridized carbons (Fsp3) is 0.900. The molecule has 6 heteroatoms. The van der Waals surface area contributed by atoms with Gasteiger partial charge in [0.2, 0.25) is 0 Å². The van der Waals surface area contributed by atoms with E-state index in [1.54, 1.807) is 0 Å². The molecule has 1 atom stereocenters. The fourth-order valence-corrected chi connectivity index (χ4v) is 0.914. The largest absolute Gasteiger partial charge is 0.338 e. The summed E-state index contributed by atoms with van der Waals surface area (Å²) >= 11 is 0. The third kappa shape index (κ3) is 6.55. The lowest BCUT2D eigenvalue weighted by Crippen LogP contribution is -2.47. The second kappa shape index (κ2) is 6.62. The van der Waals surface area contributed by atoms with Gasteiger partial charge in [0, 0.05) is 13.1 Å². The van der Waals surface area contributed by atoms with Crippen LogP contribution in [0.2, 0.25) is 0 Å². The van der Waals surface area contributed by atoms with Gasteiger partial charge in [0.15, 0.2) is 0 Å². The lowest BCUT2D eigenvalue weighted by Gasteiger charge is -2.23. The molecule has 0 aliphatic rings. The standard InChI is InChI=1S/C10H21F2N3O/c1-7(2)6-15-9(16)14-5-4-10(3,13)8(11)12/h7-8H,4-6,13H2,1-3H3,(H2,14,15,16). The average molecular weight is 237 g/mol. The van der Waals surface area contributed by atoms with E-state index in [0.29, 0.717) is 12.5 Å². The first-order valence-electron chi connectivity index (χ1n) is 5.34. The highest BCUT2D eigenvalue weighted by atomic mass is 19.3. The van der Waals surface area contributed by atoms with Gasteiger partial charge in [-0.15, -0.1) is 0 Å². The van der Waals surface area contributed by atoms with Crippen LogP contribution in [0.1, 0.15) is 27.2 Å². The molecule has 2 amide bonds. The highest BCUT2D eigenvalue weighted by Gasteiger charge is 2.29. The summed E-state index contributed by atoms with van der Waals surface area (Å²) in [5.41, 5.74) is 3.80. The van der Waals surface area contributed by atoms with Crippen molar-refractivity contribution < 1.29 is 13.6 Å². The number of alkyl halides is 2. The quantitative estimate of drug-likeness (QED) is 0.652. The second-order valence-electron chi connectivity index (χ2n) is 4.59. The summed E-state index contributed by atoms with van der Waals surface area (Å²) in [5.74, 6) is 0.353. The Hall–Kier alpha value is -0.910. The molecule has 0 saturated carbocycles. The van der Waals surface area contributed by atoms with Crippen LogP contribution in [0.4, 0.5) is 13.6 Å². The van der Waals surface area contributed by atoms with E-state index in [1.165, 1.54) is 6.92 Å². The Balaban J connectivity index is 3.70. The number of carbonyl (C=O) groups is 1. The summed E-state index contributed by atoms with van der Waals surface area (Å²) in [4.78, 5) is 11.2. The van der Waals surface area contributed by atoms with Crippen molar-refractivity contribution in [2.24, 2.45) is 11.7 Å². The molecule has 0 aliphatic carbocycles. The van der Waals surface area contributed by atoms with Crippen molar-refractivity contribution in [1.82, 2.24) is 10.6 Å². The van der Waals surface area contributed by atoms with Gasteiger partial charge in [0.1, 0.15) is 0 Å². The van der Waals surface area contributed by atoms with E-state index < -0.39 is 12.0 Å². The molecule has 0 saturated heterocycles. The van der Waals surface area contributed by atoms with Crippen LogP contribution in [-0.4, -0.2) is 31.1 Å². The van der Waals surface area contributed by atoms with Gasteiger partial charge in [0.05, 0.1) is 5.54 Å². The van der Waals surface area contributed by atoms with E-state index in [9.17, 15) is 13.6 Å². The molecule has 1 unspecified atom stereocenters. The van der Waals surface area contributed by atoms with Crippen LogP contribution >= 0.6 is 0 Å². The molecule has 0 bridgehead atoms. The molecular weight excluding hydrogens is 216 g/mol. The Bertz CT molecular complexity index is 220. The predicted octanol–water partition coefficient (Wildman–Crippen LogP) is 1.31. The van der Waals surface area contributed by atoms with Crippen LogP contribution in [0.3, 0.4) is 0 Å². The third-order valence-corrected chi connectivity index (χ3v) is 2.12. The monoisotopic (exact) mass is 237 g/mol. The van der Waals surface area contributed by atoms with E-state index in [1.807, 2.05) is 13.8 Å². The maximum atomic E-state index is 12.3. The van der Waals surface area contributed by atoms with Gasteiger partial charge in [-0.25, -0.2) is 13.6 Å². The maximum absolute atomic E-state index is 12.3. The Labute approximate surface area is 95.0 Å². The molecular formula is C10H21F2N3O. The van der Waals surface area contributed by atoms with E-state index in [4.69, 9.17) is 5.73 Å². The van der Waals surface area contributed by atoms with Crippen molar-refractivity contribution in [2.75, 3.05) is 13.1 Å². The molecule has 0 radical (unpaired) electrons. The number of halogens is 2. The van der Waals surface area contributed by atoms with Gasteiger partial charge in [-0.1, -0.05) is 13.8 Å². The molecule has 0 rings (SSSR count). The van der Waals surface area contributed by atoms with Crippen molar-refractivity contribution in [3.8, 4) is 0 Å². The number of rotatable bonds is 6. The number of hydrogen-bond donors (Lipinski definition) is 3. The van der Waals surface area contributed by atoms with Crippen molar-refractivity contribution in [3.63, 3.8) is 0 Å². The molecule has 16 heavy (non-hydrogen) atoms. The van der Waals surface area contributed by atoms with Gasteiger partial charge in [-0.2, -0.15) is 0 Å². The smallest absolute Gasteiger partial charge is 0.314 e. The van der Waals surface area contributed by atoms with Gasteiger partial charge in [-0.05, 0) is 19.3 Å². The van der Waals surface area contributed by atoms with Gasteiger partial charge in [-0.3, -0.25) is 0 Å². The number of hydrogen-bond acceptors (Lipinski definition) is 2. The number of nitrogens with one attached hydrogen (secondary N) is 2. The average Bonchev–Trinajstić information content (AvgIpc) is 2.14. The number of carbonyl (C=O) groups excluding carboxylic acids is 1. The molecule has 0 aromatic carbocycles. The second-order valence-corrected chi connectivity index (χ2v) is 4.59. The van der Waals surface area contributed by atoms with Crippen LogP contribution in [0.15, 0.2) is 0 Å². The minimum atomic E-state index is -2.59. The third-order valence-electron chi connectivity index (χ3n) is 2.12. The van der Waals surface area contributed by atoms with Crippen molar-refractivity contribution in [1.29, 1.82) is 0 Å². The SMILES string of the molecule is CC(C)CNC(=O)NCCC(C)(N)C(F)F. The first kappa shape index (κ1) is 15.1. The van der Waals surface area contributed by atoms with E-state index in [2.05, 4.69) is 10.6 Å². The Morgan fingerprint density at radius 3 is 2.38 bits per heavy atom. The maximum Gasteiger partial charge on any atom is 0.314 e. The normalized spacial score (nSPS) is 15.0. The molecule has 0 aromatic heterocycles. The zero-order valence-corrected chi connectivity index (χ0v) is 10.0. The number of nitrogens with two attached hydrogens (primary N) is 1. The summed E-state index contributed by atoms with van der Waals surface area (Å²) in [7, 11) is 0. The van der Waals surface area contributed by atoms with Crippen LogP contribution in [0, 0.1) is 5.92 Å². The summed E-state index contributed by atoms with van der Waals surface area (Å²) in [5, 5.41) is 5.10. The van der Waals surface area contributed by atoms with Crippen LogP contribution in [0.5, 0.6) is 0 Å². The first-order valence-corrected chi connectivity index (χ1v) is 5.34. The lowest BCUT2D eigenvalue weighted by atomic mass is 10.0. The summed E-state index contributed by atoms with van der Waals surface area (Å²) < 4.78 is 24.7. The van der Waals surface area contributed by atoms with Crippen LogP contribution in [0.25, 0.3) is 0 Å². The molecule has 0 spiro atoms. The minimum absolute atomic E-state index is 0.0414. The molecule has 0 heterocycles. The molecule has 96 valence electrons. The molecule has 0 aliphatic heterocycles. The number of amides is 2. The van der Waals surface area contributed by atoms with Crippen LogP contribution in [-0.2, 0) is 0 Å². The Morgan fingerprint density at radius 2 is 1.94 bits per heavy atom. The molecule has 4 nitrogen and oxygen atoms in total. The zero-order valence-electron chi connectivity index (χ0n) is 10.0. The number of urea groups is 1. The van der Waals surface area contributed by atoms with Crippen molar-refractivity contribution >= 4 is 6.03 Å². The zero-order chi connectivity index (χ0) is 12.8. The van der Waals surface area contributed by atoms with Gasteiger partial charge < -0.3 is 16.4 Å². The Morgan fingerprint density at radius 1 is 1.38 bits per heavy atom. The molecule has 0 fully saturated rings. The van der Waals surface area contributed by atoms with Gasteiger partial charge >= 0.3 is 6.03 Å². The van der Waals surface area contributed by atoms with Gasteiger partial charge in [0.25, 0.3) is 6.43 Å². The molecule has 4 N–H and O–H groups in total. The molecule has 0 aromatic rings. The fourth-order valence-electron chi connectivity index (χ4n) is 0.914. The summed E-state index contributed by atoms with van der Waals surface area (Å²) in [6, 6.07) is -0.348. The van der Waals surface area contributed by atoms with Crippen molar-refractivity contribution in [3.05, 3.63) is 0 Å². The van der Waals surface area contributed by atoms with Crippen molar-refractivity contribution in [2.45, 2.75) is 39.2 Å². The first-order chi connectivity index (χ1) is 7.25. The van der Waals surface area contributed by atoms with E-state index in [-0.39, 0.29) is 19.0 Å². The minimum Gasteiger partial charge on any atom is -0.338 e. The summed E-state index contributed by atoms with van der Waals surface area (Å²) in [6.45, 7) is 5.90. The lowest BCUT2D eigenvalue weighted by molar-refractivity contribution is 0.0593. The highest BCUT2D eigenvalue weighted by molar-refractivity contribution is 5.73.